The van der Waals surface area contributed by atoms with Gasteiger partial charge in [-0.1, -0.05) is 30.3 Å². The van der Waals surface area contributed by atoms with Crippen LogP contribution in [-0.2, 0) is 5.60 Å². The van der Waals surface area contributed by atoms with E-state index in [0.717, 1.165) is 31.2 Å². The Kier molecular flexibility index (Phi) is 2.36. The minimum absolute atomic E-state index is 0.560. The highest BCUT2D eigenvalue weighted by molar-refractivity contribution is 5.23. The third kappa shape index (κ3) is 1.75. The lowest BCUT2D eigenvalue weighted by atomic mass is 9.80. The number of hydrogen-bond donors (Lipinski definition) is 1. The van der Waals surface area contributed by atoms with Crippen LogP contribution in [0.2, 0.25) is 0 Å². The lowest BCUT2D eigenvalue weighted by Gasteiger charge is -2.32. The first-order valence-corrected chi connectivity index (χ1v) is 4.91. The molecule has 1 aliphatic carbocycles. The molecule has 1 nitrogen and oxygen atoms in total. The van der Waals surface area contributed by atoms with Crippen molar-refractivity contribution in [3.63, 3.8) is 0 Å². The van der Waals surface area contributed by atoms with Crippen molar-refractivity contribution in [1.82, 2.24) is 0 Å². The van der Waals surface area contributed by atoms with Crippen LogP contribution in [0.25, 0.3) is 0 Å². The molecule has 69 valence electrons. The van der Waals surface area contributed by atoms with Gasteiger partial charge in [-0.25, -0.2) is 0 Å². The molecule has 1 N–H and O–H groups in total. The summed E-state index contributed by atoms with van der Waals surface area (Å²) < 4.78 is 0. The first-order chi connectivity index (χ1) is 6.31. The summed E-state index contributed by atoms with van der Waals surface area (Å²) >= 11 is 0. The molecule has 1 aromatic carbocycles. The molecule has 13 heavy (non-hydrogen) atoms. The molecule has 1 fully saturated rings. The SMILES string of the molecule is OC1(c2ccccc2)CC[CH]CC1. The van der Waals surface area contributed by atoms with E-state index in [1.54, 1.807) is 0 Å². The summed E-state index contributed by atoms with van der Waals surface area (Å²) in [5.41, 5.74) is 0.513. The zero-order valence-corrected chi connectivity index (χ0v) is 7.74. The van der Waals surface area contributed by atoms with Crippen LogP contribution in [0, 0.1) is 6.42 Å². The van der Waals surface area contributed by atoms with Crippen molar-refractivity contribution in [1.29, 1.82) is 0 Å². The van der Waals surface area contributed by atoms with Crippen LogP contribution in [0.5, 0.6) is 0 Å². The highest BCUT2D eigenvalue weighted by Crippen LogP contribution is 2.36. The standard InChI is InChI=1S/C12H15O/c13-12(9-5-2-6-10-12)11-7-3-1-4-8-11/h1-4,7-8,13H,5-6,9-10H2. The maximum absolute atomic E-state index is 10.3. The summed E-state index contributed by atoms with van der Waals surface area (Å²) in [5, 5.41) is 10.3. The second-order valence-electron chi connectivity index (χ2n) is 3.76. The molecule has 0 saturated heterocycles. The van der Waals surface area contributed by atoms with Gasteiger partial charge in [-0.15, -0.1) is 0 Å². The Morgan fingerprint density at radius 2 is 1.62 bits per heavy atom. The molecule has 0 heterocycles. The number of benzene rings is 1. The number of hydrogen-bond acceptors (Lipinski definition) is 1. The Labute approximate surface area is 79.4 Å². The molecular formula is C12H15O. The molecule has 0 amide bonds. The zero-order chi connectivity index (χ0) is 9.15. The van der Waals surface area contributed by atoms with Gasteiger partial charge >= 0.3 is 0 Å². The Bertz CT molecular complexity index is 260. The van der Waals surface area contributed by atoms with Gasteiger partial charge in [-0.05, 0) is 37.7 Å². The van der Waals surface area contributed by atoms with E-state index in [-0.39, 0.29) is 0 Å². The van der Waals surface area contributed by atoms with Crippen molar-refractivity contribution in [2.45, 2.75) is 31.3 Å². The van der Waals surface area contributed by atoms with Crippen molar-refractivity contribution in [3.05, 3.63) is 42.3 Å². The Hall–Kier alpha value is -0.820. The average Bonchev–Trinajstić information content (AvgIpc) is 2.20. The van der Waals surface area contributed by atoms with E-state index in [9.17, 15) is 5.11 Å². The minimum atomic E-state index is -0.560. The van der Waals surface area contributed by atoms with Gasteiger partial charge in [0.1, 0.15) is 0 Å². The van der Waals surface area contributed by atoms with Gasteiger partial charge in [-0.2, -0.15) is 0 Å². The highest BCUT2D eigenvalue weighted by atomic mass is 16.3. The molecule has 0 aromatic heterocycles. The maximum Gasteiger partial charge on any atom is 0.0896 e. The molecule has 1 saturated carbocycles. The lowest BCUT2D eigenvalue weighted by Crippen LogP contribution is -2.28. The first kappa shape index (κ1) is 8.76. The van der Waals surface area contributed by atoms with Crippen molar-refractivity contribution in [3.8, 4) is 0 Å². The van der Waals surface area contributed by atoms with Crippen LogP contribution in [-0.4, -0.2) is 5.11 Å². The molecule has 1 aliphatic rings. The average molecular weight is 175 g/mol. The maximum atomic E-state index is 10.3. The summed E-state index contributed by atoms with van der Waals surface area (Å²) in [7, 11) is 0. The van der Waals surface area contributed by atoms with E-state index >= 15 is 0 Å². The Morgan fingerprint density at radius 3 is 2.23 bits per heavy atom. The normalized spacial score (nSPS) is 21.3. The fraction of sp³-hybridized carbons (Fsp3) is 0.417. The molecule has 1 aromatic rings. The molecular weight excluding hydrogens is 160 g/mol. The van der Waals surface area contributed by atoms with Gasteiger partial charge in [0, 0.05) is 0 Å². The number of rotatable bonds is 1. The fourth-order valence-corrected chi connectivity index (χ4v) is 1.99. The molecule has 1 radical (unpaired) electrons. The van der Waals surface area contributed by atoms with Crippen LogP contribution in [0.15, 0.2) is 30.3 Å². The largest absolute Gasteiger partial charge is 0.385 e. The van der Waals surface area contributed by atoms with E-state index in [0.29, 0.717) is 0 Å². The minimum Gasteiger partial charge on any atom is -0.385 e. The topological polar surface area (TPSA) is 20.2 Å². The van der Waals surface area contributed by atoms with Crippen molar-refractivity contribution >= 4 is 0 Å². The monoisotopic (exact) mass is 175 g/mol. The predicted molar refractivity (Wildman–Crippen MR) is 53.1 cm³/mol. The summed E-state index contributed by atoms with van der Waals surface area (Å²) in [6, 6.07) is 10.0. The fourth-order valence-electron chi connectivity index (χ4n) is 1.99. The van der Waals surface area contributed by atoms with E-state index in [4.69, 9.17) is 0 Å². The molecule has 0 bridgehead atoms. The lowest BCUT2D eigenvalue weighted by molar-refractivity contribution is 0.00840. The van der Waals surface area contributed by atoms with Crippen LogP contribution in [0.3, 0.4) is 0 Å². The van der Waals surface area contributed by atoms with Crippen LogP contribution in [0.4, 0.5) is 0 Å². The molecule has 1 heteroatoms. The van der Waals surface area contributed by atoms with Crippen LogP contribution < -0.4 is 0 Å². The molecule has 0 unspecified atom stereocenters. The first-order valence-electron chi connectivity index (χ1n) is 4.91. The van der Waals surface area contributed by atoms with Gasteiger partial charge in [0.15, 0.2) is 0 Å². The van der Waals surface area contributed by atoms with Crippen molar-refractivity contribution in [2.24, 2.45) is 0 Å². The highest BCUT2D eigenvalue weighted by Gasteiger charge is 2.30. The van der Waals surface area contributed by atoms with Gasteiger partial charge in [0.25, 0.3) is 0 Å². The van der Waals surface area contributed by atoms with E-state index in [1.807, 2.05) is 30.3 Å². The van der Waals surface area contributed by atoms with Crippen LogP contribution >= 0.6 is 0 Å². The third-order valence-electron chi connectivity index (χ3n) is 2.84. The number of aliphatic hydroxyl groups is 1. The zero-order valence-electron chi connectivity index (χ0n) is 7.74. The Morgan fingerprint density at radius 1 is 1.00 bits per heavy atom. The summed E-state index contributed by atoms with van der Waals surface area (Å²) in [5.74, 6) is 0. The third-order valence-corrected chi connectivity index (χ3v) is 2.84. The molecule has 2 rings (SSSR count). The van der Waals surface area contributed by atoms with Gasteiger partial charge < -0.3 is 5.11 Å². The van der Waals surface area contributed by atoms with Gasteiger partial charge in [0.05, 0.1) is 5.60 Å². The van der Waals surface area contributed by atoms with E-state index in [1.165, 1.54) is 0 Å². The Balaban J connectivity index is 2.23. The molecule has 0 spiro atoms. The van der Waals surface area contributed by atoms with Crippen molar-refractivity contribution < 1.29 is 5.11 Å². The second-order valence-corrected chi connectivity index (χ2v) is 3.76. The molecule has 0 aliphatic heterocycles. The second kappa shape index (κ2) is 3.51. The summed E-state index contributed by atoms with van der Waals surface area (Å²) in [6.45, 7) is 0. The van der Waals surface area contributed by atoms with Gasteiger partial charge in [0.2, 0.25) is 0 Å². The smallest absolute Gasteiger partial charge is 0.0896 e. The van der Waals surface area contributed by atoms with Crippen LogP contribution in [0.1, 0.15) is 31.2 Å². The van der Waals surface area contributed by atoms with Crippen molar-refractivity contribution in [2.75, 3.05) is 0 Å². The van der Waals surface area contributed by atoms with E-state index in [2.05, 4.69) is 6.42 Å². The van der Waals surface area contributed by atoms with Gasteiger partial charge in [-0.3, -0.25) is 0 Å². The predicted octanol–water partition coefficient (Wildman–Crippen LogP) is 2.65. The summed E-state index contributed by atoms with van der Waals surface area (Å²) in [6.07, 6.45) is 6.07. The molecule has 0 atom stereocenters. The summed E-state index contributed by atoms with van der Waals surface area (Å²) in [4.78, 5) is 0. The quantitative estimate of drug-likeness (QED) is 0.695. The van der Waals surface area contributed by atoms with E-state index < -0.39 is 5.60 Å².